The van der Waals surface area contributed by atoms with Crippen molar-refractivity contribution < 1.29 is 29.3 Å². The van der Waals surface area contributed by atoms with E-state index in [2.05, 4.69) is 9.97 Å². The van der Waals surface area contributed by atoms with Crippen molar-refractivity contribution in [1.29, 1.82) is 0 Å². The van der Waals surface area contributed by atoms with Gasteiger partial charge in [-0.2, -0.15) is 0 Å². The van der Waals surface area contributed by atoms with E-state index in [1.165, 1.54) is 42.7 Å². The Kier molecular flexibility index (Phi) is 10.9. The van der Waals surface area contributed by atoms with E-state index in [0.717, 1.165) is 5.69 Å². The van der Waals surface area contributed by atoms with Crippen LogP contribution in [0.5, 0.6) is 0 Å². The van der Waals surface area contributed by atoms with Gasteiger partial charge in [0.2, 0.25) is 0 Å². The van der Waals surface area contributed by atoms with Crippen LogP contribution in [-0.4, -0.2) is 49.0 Å². The molecule has 0 atom stereocenters. The molecule has 254 valence electrons. The van der Waals surface area contributed by atoms with Crippen LogP contribution in [0.15, 0.2) is 115 Å². The predicted octanol–water partition coefficient (Wildman–Crippen LogP) is 7.83. The van der Waals surface area contributed by atoms with Crippen LogP contribution in [0.2, 0.25) is 0 Å². The molecular weight excluding hydrogens is 695 g/mol. The second kappa shape index (κ2) is 15.7. The van der Waals surface area contributed by atoms with Gasteiger partial charge in [0.05, 0.1) is 44.9 Å². The van der Waals surface area contributed by atoms with Crippen LogP contribution in [0.3, 0.4) is 0 Å². The summed E-state index contributed by atoms with van der Waals surface area (Å²) in [7, 11) is 1.24. The number of thiazole rings is 1. The lowest BCUT2D eigenvalue weighted by Gasteiger charge is -2.10. The summed E-state index contributed by atoms with van der Waals surface area (Å²) in [5.41, 5.74) is 9.25. The Bertz CT molecular complexity index is 2310. The van der Waals surface area contributed by atoms with Crippen molar-refractivity contribution in [2.75, 3.05) is 7.11 Å². The molecule has 6 rings (SSSR count). The molecule has 0 saturated heterocycles. The number of pyridine rings is 1. The summed E-state index contributed by atoms with van der Waals surface area (Å²) in [6.45, 7) is 0. The van der Waals surface area contributed by atoms with Crippen LogP contribution >= 0.6 is 23.6 Å². The molecule has 3 N–H and O–H groups in total. The molecule has 15 heteroatoms. The number of methoxy groups -OCH3 is 1. The Balaban J connectivity index is 0.000000206. The first-order valence-electron chi connectivity index (χ1n) is 14.7. The van der Waals surface area contributed by atoms with Crippen molar-refractivity contribution in [1.82, 2.24) is 9.97 Å². The molecule has 0 amide bonds. The minimum absolute atomic E-state index is 0.0219. The summed E-state index contributed by atoms with van der Waals surface area (Å²) in [4.78, 5) is 54.3. The van der Waals surface area contributed by atoms with Crippen molar-refractivity contribution in [3.63, 3.8) is 0 Å². The molecule has 51 heavy (non-hydrogen) atoms. The van der Waals surface area contributed by atoms with Crippen molar-refractivity contribution in [3.05, 3.63) is 152 Å². The maximum absolute atomic E-state index is 12.0. The van der Waals surface area contributed by atoms with Crippen LogP contribution in [0.25, 0.3) is 44.2 Å². The van der Waals surface area contributed by atoms with E-state index >= 15 is 0 Å². The third-order valence-electron chi connectivity index (χ3n) is 7.42. The number of ether oxygens (including phenoxy) is 1. The molecule has 0 aliphatic carbocycles. The molecule has 2 heterocycles. The van der Waals surface area contributed by atoms with Gasteiger partial charge in [-0.3, -0.25) is 25.2 Å². The average molecular weight is 720 g/mol. The minimum atomic E-state index is -1.17. The minimum Gasteiger partial charge on any atom is -0.478 e. The molecule has 0 unspecified atom stereocenters. The summed E-state index contributed by atoms with van der Waals surface area (Å²) in [6, 6.07) is 27.2. The maximum Gasteiger partial charge on any atom is 0.338 e. The van der Waals surface area contributed by atoms with Gasteiger partial charge in [0.25, 0.3) is 11.4 Å². The lowest BCUT2D eigenvalue weighted by molar-refractivity contribution is -0.384. The van der Waals surface area contributed by atoms with Crippen LogP contribution in [0, 0.1) is 20.2 Å². The Morgan fingerprint density at radius 3 is 1.92 bits per heavy atom. The highest BCUT2D eigenvalue weighted by atomic mass is 32.1. The number of esters is 1. The average Bonchev–Trinajstić information content (AvgIpc) is 3.65. The third kappa shape index (κ3) is 7.96. The van der Waals surface area contributed by atoms with Gasteiger partial charge >= 0.3 is 11.9 Å². The number of nitrogens with zero attached hydrogens (tertiary/aromatic N) is 4. The number of benzene rings is 4. The number of thiocarbonyl (C=S) groups is 1. The van der Waals surface area contributed by atoms with Gasteiger partial charge in [0, 0.05) is 46.0 Å². The topological polar surface area (TPSA) is 202 Å². The molecule has 4 aromatic carbocycles. The summed E-state index contributed by atoms with van der Waals surface area (Å²) in [5, 5.41) is 34.7. The fourth-order valence-electron chi connectivity index (χ4n) is 5.06. The number of carbonyl (C=O) groups is 2. The lowest BCUT2D eigenvalue weighted by Crippen LogP contribution is -2.12. The zero-order valence-electron chi connectivity index (χ0n) is 26.5. The quantitative estimate of drug-likeness (QED) is 0.0635. The van der Waals surface area contributed by atoms with Gasteiger partial charge in [0.1, 0.15) is 15.7 Å². The lowest BCUT2D eigenvalue weighted by atomic mass is 9.96. The number of nitro benzene ring substituents is 2. The van der Waals surface area contributed by atoms with E-state index in [9.17, 15) is 34.9 Å². The fraction of sp³-hybridized carbons (Fsp3) is 0.0278. The largest absolute Gasteiger partial charge is 0.478 e. The summed E-state index contributed by atoms with van der Waals surface area (Å²) < 4.78 is 4.74. The zero-order chi connectivity index (χ0) is 36.7. The number of carbonyl (C=O) groups excluding carboxylic acids is 1. The molecule has 6 aromatic rings. The maximum atomic E-state index is 12.0. The number of carboxylic acid groups (broad SMARTS) is 1. The number of aromatic carboxylic acids is 1. The molecule has 13 nitrogen and oxygen atoms in total. The molecule has 0 radical (unpaired) electrons. The van der Waals surface area contributed by atoms with Crippen molar-refractivity contribution in [3.8, 4) is 44.2 Å². The predicted molar refractivity (Wildman–Crippen MR) is 196 cm³/mol. The van der Waals surface area contributed by atoms with Gasteiger partial charge in [0.15, 0.2) is 0 Å². The van der Waals surface area contributed by atoms with E-state index in [1.807, 2.05) is 23.6 Å². The van der Waals surface area contributed by atoms with Crippen molar-refractivity contribution >= 4 is 51.9 Å². The number of nitrogens with two attached hydrogens (primary N) is 1. The van der Waals surface area contributed by atoms with E-state index in [4.69, 9.17) is 22.7 Å². The van der Waals surface area contributed by atoms with E-state index < -0.39 is 21.8 Å². The van der Waals surface area contributed by atoms with Gasteiger partial charge in [-0.15, -0.1) is 11.3 Å². The zero-order valence-corrected chi connectivity index (χ0v) is 28.1. The second-order valence-electron chi connectivity index (χ2n) is 10.5. The van der Waals surface area contributed by atoms with Crippen molar-refractivity contribution in [2.45, 2.75) is 0 Å². The van der Waals surface area contributed by atoms with E-state index in [1.54, 1.807) is 66.9 Å². The molecule has 0 fully saturated rings. The molecule has 0 bridgehead atoms. The first kappa shape index (κ1) is 35.6. The Labute approximate surface area is 298 Å². The molecule has 0 spiro atoms. The molecule has 0 saturated carbocycles. The third-order valence-corrected chi connectivity index (χ3v) is 8.55. The number of hydrogen-bond acceptors (Lipinski definition) is 11. The molecule has 0 aliphatic rings. The van der Waals surface area contributed by atoms with Gasteiger partial charge < -0.3 is 15.6 Å². The molecule has 2 aromatic heterocycles. The van der Waals surface area contributed by atoms with Crippen LogP contribution in [0.4, 0.5) is 11.4 Å². The highest BCUT2D eigenvalue weighted by molar-refractivity contribution is 7.80. The second-order valence-corrected chi connectivity index (χ2v) is 11.8. The normalized spacial score (nSPS) is 10.4. The molecule has 0 aliphatic heterocycles. The van der Waals surface area contributed by atoms with Gasteiger partial charge in [-0.25, -0.2) is 14.6 Å². The fourth-order valence-corrected chi connectivity index (χ4v) is 6.00. The number of aromatic nitrogens is 2. The SMILES string of the molecule is COC(=O)c1cc(C(N)=S)ccc1-c1ccccc1[N+](=O)[O-].O=C(O)c1cc(-c2nc(-c3ccccn3)cs2)ccc1-c1ccccc1[N+](=O)[O-]. The van der Waals surface area contributed by atoms with Crippen LogP contribution < -0.4 is 5.73 Å². The first-order valence-corrected chi connectivity index (χ1v) is 16.0. The van der Waals surface area contributed by atoms with E-state index in [0.29, 0.717) is 33.0 Å². The number of nitro groups is 2. The van der Waals surface area contributed by atoms with E-state index in [-0.39, 0.29) is 38.6 Å². The monoisotopic (exact) mass is 719 g/mol. The number of rotatable bonds is 9. The number of hydrogen-bond donors (Lipinski definition) is 2. The van der Waals surface area contributed by atoms with Gasteiger partial charge in [-0.05, 0) is 36.4 Å². The van der Waals surface area contributed by atoms with Crippen molar-refractivity contribution in [2.24, 2.45) is 5.73 Å². The Morgan fingerprint density at radius 1 is 0.784 bits per heavy atom. The first-order chi connectivity index (χ1) is 24.5. The standard InChI is InChI=1S/C21H13N3O4S.C15H12N2O4S/c25-21(26)16-11-13(20-23-18(12-29-20)17-6-3-4-10-22-17)8-9-14(16)15-5-1-2-7-19(15)24(27)28;1-21-15(18)12-8-9(14(16)22)6-7-10(12)11-4-2-3-5-13(11)17(19)20/h1-12H,(H,25,26);2-8H,1H3,(H2,16,22). The smallest absolute Gasteiger partial charge is 0.338 e. The summed E-state index contributed by atoms with van der Waals surface area (Å²) >= 11 is 6.26. The Hall–Kier alpha value is -6.71. The summed E-state index contributed by atoms with van der Waals surface area (Å²) in [5.74, 6) is -1.78. The highest BCUT2D eigenvalue weighted by Crippen LogP contribution is 2.36. The van der Waals surface area contributed by atoms with Gasteiger partial charge in [-0.1, -0.05) is 66.8 Å². The Morgan fingerprint density at radius 2 is 1.37 bits per heavy atom. The highest BCUT2D eigenvalue weighted by Gasteiger charge is 2.23. The number of carboxylic acids is 1. The molecular formula is C36H25N5O8S2. The van der Waals surface area contributed by atoms with Crippen LogP contribution in [-0.2, 0) is 4.74 Å². The number of para-hydroxylation sites is 2. The summed E-state index contributed by atoms with van der Waals surface area (Å²) in [6.07, 6.45) is 1.68. The van der Waals surface area contributed by atoms with Crippen LogP contribution in [0.1, 0.15) is 26.3 Å².